The highest BCUT2D eigenvalue weighted by Gasteiger charge is 2.43. The average Bonchev–Trinajstić information content (AvgIpc) is 2.52. The van der Waals surface area contributed by atoms with Gasteiger partial charge in [-0.05, 0) is 19.8 Å². The van der Waals surface area contributed by atoms with E-state index in [1.54, 1.807) is 16.7 Å². The van der Waals surface area contributed by atoms with Gasteiger partial charge in [0.05, 0.1) is 6.54 Å². The summed E-state index contributed by atoms with van der Waals surface area (Å²) in [6.45, 7) is 3.08. The monoisotopic (exact) mass is 293 g/mol. The van der Waals surface area contributed by atoms with Gasteiger partial charge < -0.3 is 15.1 Å². The first kappa shape index (κ1) is 14.4. The Hall–Kier alpha value is -1.59. The summed E-state index contributed by atoms with van der Waals surface area (Å²) in [4.78, 5) is 40.2. The molecule has 3 fully saturated rings. The zero-order chi connectivity index (χ0) is 15.0. The van der Waals surface area contributed by atoms with Crippen LogP contribution in [0.2, 0.25) is 0 Å². The fourth-order valence-corrected chi connectivity index (χ4v) is 3.70. The van der Waals surface area contributed by atoms with Crippen molar-refractivity contribution in [2.24, 2.45) is 5.92 Å². The predicted octanol–water partition coefficient (Wildman–Crippen LogP) is 0.124. The summed E-state index contributed by atoms with van der Waals surface area (Å²) in [7, 11) is 0. The Kier molecular flexibility index (Phi) is 3.87. The van der Waals surface area contributed by atoms with Gasteiger partial charge in [-0.3, -0.25) is 14.4 Å². The molecule has 1 saturated carbocycles. The molecular weight excluding hydrogens is 270 g/mol. The van der Waals surface area contributed by atoms with Crippen molar-refractivity contribution in [2.45, 2.75) is 51.1 Å². The van der Waals surface area contributed by atoms with Crippen LogP contribution in [-0.4, -0.2) is 59.2 Å². The quantitative estimate of drug-likeness (QED) is 0.747. The van der Waals surface area contributed by atoms with Crippen molar-refractivity contribution in [1.29, 1.82) is 0 Å². The number of nitrogens with one attached hydrogen (secondary N) is 1. The Balaban J connectivity index is 1.67. The number of hydrogen-bond donors (Lipinski definition) is 1. The average molecular weight is 293 g/mol. The van der Waals surface area contributed by atoms with Crippen LogP contribution in [0, 0.1) is 5.92 Å². The van der Waals surface area contributed by atoms with E-state index in [4.69, 9.17) is 0 Å². The molecule has 0 spiro atoms. The molecule has 3 amide bonds. The van der Waals surface area contributed by atoms with E-state index in [9.17, 15) is 14.4 Å². The Labute approximate surface area is 124 Å². The van der Waals surface area contributed by atoms with Gasteiger partial charge in [-0.1, -0.05) is 19.3 Å². The number of amides is 3. The van der Waals surface area contributed by atoms with Crippen LogP contribution in [0.15, 0.2) is 0 Å². The normalized spacial score (nSPS) is 30.9. The van der Waals surface area contributed by atoms with Gasteiger partial charge in [0.2, 0.25) is 17.7 Å². The highest BCUT2D eigenvalue weighted by atomic mass is 16.2. The fraction of sp³-hybridized carbons (Fsp3) is 0.800. The van der Waals surface area contributed by atoms with Crippen molar-refractivity contribution in [2.75, 3.05) is 19.6 Å². The molecule has 21 heavy (non-hydrogen) atoms. The summed E-state index contributed by atoms with van der Waals surface area (Å²) in [6.07, 6.45) is 5.39. The van der Waals surface area contributed by atoms with Crippen LogP contribution in [0.1, 0.15) is 39.0 Å². The summed E-state index contributed by atoms with van der Waals surface area (Å²) >= 11 is 0. The number of carbonyl (C=O) groups excluding carboxylic acids is 3. The summed E-state index contributed by atoms with van der Waals surface area (Å²) in [5.74, 6) is 0.118. The molecule has 2 saturated heterocycles. The Morgan fingerprint density at radius 2 is 1.86 bits per heavy atom. The van der Waals surface area contributed by atoms with Crippen molar-refractivity contribution in [3.8, 4) is 0 Å². The number of carbonyl (C=O) groups is 3. The highest BCUT2D eigenvalue weighted by molar-refractivity contribution is 5.97. The van der Waals surface area contributed by atoms with Crippen molar-refractivity contribution < 1.29 is 14.4 Å². The molecule has 116 valence electrons. The second-order valence-corrected chi connectivity index (χ2v) is 6.40. The van der Waals surface area contributed by atoms with E-state index in [0.717, 1.165) is 25.7 Å². The van der Waals surface area contributed by atoms with E-state index >= 15 is 0 Å². The van der Waals surface area contributed by atoms with E-state index in [-0.39, 0.29) is 23.6 Å². The third-order valence-electron chi connectivity index (χ3n) is 4.96. The molecule has 0 aromatic carbocycles. The molecule has 0 aromatic heterocycles. The smallest absolute Gasteiger partial charge is 0.245 e. The van der Waals surface area contributed by atoms with E-state index < -0.39 is 12.1 Å². The number of nitrogens with zero attached hydrogens (tertiary/aromatic N) is 2. The fourth-order valence-electron chi connectivity index (χ4n) is 3.70. The zero-order valence-electron chi connectivity index (χ0n) is 12.5. The SMILES string of the molecule is C[C@@H]1NC(=O)[C@H]2CN(C(=O)C3CCCCC3)CCN2C1=O. The minimum atomic E-state index is -0.505. The molecule has 3 aliphatic rings. The second-order valence-electron chi connectivity index (χ2n) is 6.40. The lowest BCUT2D eigenvalue weighted by Gasteiger charge is -2.45. The largest absolute Gasteiger partial charge is 0.343 e. The van der Waals surface area contributed by atoms with E-state index in [0.29, 0.717) is 19.6 Å². The molecule has 0 radical (unpaired) electrons. The molecule has 0 aromatic rings. The third kappa shape index (κ3) is 2.63. The third-order valence-corrected chi connectivity index (χ3v) is 4.96. The molecule has 2 heterocycles. The Bertz CT molecular complexity index is 459. The van der Waals surface area contributed by atoms with Gasteiger partial charge in [-0.2, -0.15) is 0 Å². The first-order valence-corrected chi connectivity index (χ1v) is 7.97. The molecule has 3 rings (SSSR count). The maximum absolute atomic E-state index is 12.6. The standard InChI is InChI=1S/C15H23N3O3/c1-10-14(20)18-8-7-17(9-12(18)13(19)16-10)15(21)11-5-3-2-4-6-11/h10-12H,2-9H2,1H3,(H,16,19)/t10-,12+/m0/s1. The van der Waals surface area contributed by atoms with E-state index in [1.807, 2.05) is 0 Å². The van der Waals surface area contributed by atoms with Crippen LogP contribution >= 0.6 is 0 Å². The van der Waals surface area contributed by atoms with Crippen molar-refractivity contribution in [1.82, 2.24) is 15.1 Å². The van der Waals surface area contributed by atoms with Gasteiger partial charge in [-0.15, -0.1) is 0 Å². The lowest BCUT2D eigenvalue weighted by atomic mass is 9.88. The van der Waals surface area contributed by atoms with Crippen LogP contribution in [0.4, 0.5) is 0 Å². The van der Waals surface area contributed by atoms with Crippen LogP contribution in [-0.2, 0) is 14.4 Å². The predicted molar refractivity (Wildman–Crippen MR) is 76.3 cm³/mol. The minimum Gasteiger partial charge on any atom is -0.343 e. The topological polar surface area (TPSA) is 69.7 Å². The number of rotatable bonds is 1. The van der Waals surface area contributed by atoms with Crippen LogP contribution < -0.4 is 5.32 Å². The van der Waals surface area contributed by atoms with Gasteiger partial charge in [0, 0.05) is 19.0 Å². The number of fused-ring (bicyclic) bond motifs is 1. The van der Waals surface area contributed by atoms with Gasteiger partial charge in [-0.25, -0.2) is 0 Å². The molecule has 0 bridgehead atoms. The summed E-state index contributed by atoms with van der Waals surface area (Å²) in [6, 6.07) is -0.954. The van der Waals surface area contributed by atoms with Crippen LogP contribution in [0.5, 0.6) is 0 Å². The molecule has 0 unspecified atom stereocenters. The van der Waals surface area contributed by atoms with Crippen molar-refractivity contribution >= 4 is 17.7 Å². The molecule has 2 atom stereocenters. The van der Waals surface area contributed by atoms with Crippen LogP contribution in [0.25, 0.3) is 0 Å². The highest BCUT2D eigenvalue weighted by Crippen LogP contribution is 2.27. The summed E-state index contributed by atoms with van der Waals surface area (Å²) in [5.41, 5.74) is 0. The van der Waals surface area contributed by atoms with Gasteiger partial charge in [0.15, 0.2) is 0 Å². The van der Waals surface area contributed by atoms with Gasteiger partial charge in [0.25, 0.3) is 0 Å². The summed E-state index contributed by atoms with van der Waals surface area (Å²) in [5, 5.41) is 2.70. The van der Waals surface area contributed by atoms with Gasteiger partial charge >= 0.3 is 0 Å². The molecule has 2 aliphatic heterocycles. The van der Waals surface area contributed by atoms with E-state index in [2.05, 4.69) is 5.32 Å². The van der Waals surface area contributed by atoms with Gasteiger partial charge in [0.1, 0.15) is 12.1 Å². The number of piperazine rings is 2. The Morgan fingerprint density at radius 3 is 2.57 bits per heavy atom. The molecular formula is C15H23N3O3. The first-order valence-electron chi connectivity index (χ1n) is 7.97. The lowest BCUT2D eigenvalue weighted by Crippen LogP contribution is -2.69. The summed E-state index contributed by atoms with van der Waals surface area (Å²) < 4.78 is 0. The maximum Gasteiger partial charge on any atom is 0.245 e. The molecule has 6 heteroatoms. The molecule has 6 nitrogen and oxygen atoms in total. The minimum absolute atomic E-state index is 0.0376. The second kappa shape index (κ2) is 5.66. The lowest BCUT2D eigenvalue weighted by molar-refractivity contribution is -0.156. The van der Waals surface area contributed by atoms with Crippen LogP contribution in [0.3, 0.4) is 0 Å². The zero-order valence-corrected chi connectivity index (χ0v) is 12.5. The Morgan fingerprint density at radius 1 is 1.14 bits per heavy atom. The maximum atomic E-state index is 12.6. The first-order chi connectivity index (χ1) is 10.1. The molecule has 1 aliphatic carbocycles. The van der Waals surface area contributed by atoms with Crippen molar-refractivity contribution in [3.63, 3.8) is 0 Å². The van der Waals surface area contributed by atoms with Crippen molar-refractivity contribution in [3.05, 3.63) is 0 Å². The van der Waals surface area contributed by atoms with E-state index in [1.165, 1.54) is 6.42 Å². The molecule has 1 N–H and O–H groups in total. The number of hydrogen-bond acceptors (Lipinski definition) is 3.